The van der Waals surface area contributed by atoms with Crippen molar-refractivity contribution in [3.05, 3.63) is 30.9 Å². The number of anilines is 1. The van der Waals surface area contributed by atoms with E-state index in [9.17, 15) is 13.2 Å². The van der Waals surface area contributed by atoms with Crippen LogP contribution in [0.1, 0.15) is 26.2 Å². The highest BCUT2D eigenvalue weighted by atomic mass is 32.2. The van der Waals surface area contributed by atoms with E-state index in [0.717, 1.165) is 19.3 Å². The second-order valence-electron chi connectivity index (χ2n) is 6.83. The summed E-state index contributed by atoms with van der Waals surface area (Å²) in [4.78, 5) is 16.6. The predicted octanol–water partition coefficient (Wildman–Crippen LogP) is 1.74. The lowest BCUT2D eigenvalue weighted by Crippen LogP contribution is -2.35. The van der Waals surface area contributed by atoms with Gasteiger partial charge in [-0.2, -0.15) is 9.40 Å². The summed E-state index contributed by atoms with van der Waals surface area (Å²) in [6.07, 6.45) is 5.70. The van der Waals surface area contributed by atoms with Gasteiger partial charge in [-0.25, -0.2) is 13.4 Å². The summed E-state index contributed by atoms with van der Waals surface area (Å²) in [5.74, 6) is -0.256. The van der Waals surface area contributed by atoms with Crippen LogP contribution in [-0.2, 0) is 21.4 Å². The molecule has 1 atom stereocenters. The van der Waals surface area contributed by atoms with Gasteiger partial charge in [-0.05, 0) is 31.0 Å². The number of hydrogen-bond acceptors (Lipinski definition) is 6. The Labute approximate surface area is 164 Å². The zero-order valence-electron chi connectivity index (χ0n) is 16.0. The maximum Gasteiger partial charge on any atom is 0.243 e. The molecule has 1 amide bonds. The van der Waals surface area contributed by atoms with Crippen molar-refractivity contribution >= 4 is 21.6 Å². The molecule has 1 fully saturated rings. The first-order valence-electron chi connectivity index (χ1n) is 9.23. The van der Waals surface area contributed by atoms with Crippen LogP contribution in [-0.4, -0.2) is 53.6 Å². The molecule has 0 bridgehead atoms. The number of carbonyl (C=O) groups excluding carboxylic acids is 1. The quantitative estimate of drug-likeness (QED) is 0.749. The van der Waals surface area contributed by atoms with Gasteiger partial charge in [0.2, 0.25) is 15.9 Å². The third-order valence-corrected chi connectivity index (χ3v) is 6.65. The molecule has 1 aromatic carbocycles. The van der Waals surface area contributed by atoms with Crippen molar-refractivity contribution in [1.82, 2.24) is 19.1 Å². The molecule has 10 heteroatoms. The highest BCUT2D eigenvalue weighted by Gasteiger charge is 2.27. The summed E-state index contributed by atoms with van der Waals surface area (Å²) in [6, 6.07) is 4.54. The van der Waals surface area contributed by atoms with Crippen LogP contribution in [0.25, 0.3) is 0 Å². The van der Waals surface area contributed by atoms with Crippen LogP contribution in [0.5, 0.6) is 5.75 Å². The fraction of sp³-hybridized carbons (Fsp3) is 0.500. The third-order valence-electron chi connectivity index (χ3n) is 4.76. The number of sulfonamides is 1. The topological polar surface area (TPSA) is 106 Å². The lowest BCUT2D eigenvalue weighted by Gasteiger charge is -2.26. The van der Waals surface area contributed by atoms with E-state index in [1.54, 1.807) is 17.7 Å². The van der Waals surface area contributed by atoms with Crippen molar-refractivity contribution in [3.63, 3.8) is 0 Å². The lowest BCUT2D eigenvalue weighted by molar-refractivity contribution is -0.119. The Bertz CT molecular complexity index is 908. The summed E-state index contributed by atoms with van der Waals surface area (Å²) >= 11 is 0. The third kappa shape index (κ3) is 4.50. The van der Waals surface area contributed by atoms with Crippen molar-refractivity contribution in [3.8, 4) is 5.75 Å². The van der Waals surface area contributed by atoms with Crippen molar-refractivity contribution in [1.29, 1.82) is 0 Å². The summed E-state index contributed by atoms with van der Waals surface area (Å²) in [5.41, 5.74) is 0.330. The Morgan fingerprint density at radius 1 is 1.29 bits per heavy atom. The van der Waals surface area contributed by atoms with Crippen molar-refractivity contribution in [2.24, 2.45) is 5.92 Å². The molecule has 0 radical (unpaired) electrons. The van der Waals surface area contributed by atoms with Crippen LogP contribution >= 0.6 is 0 Å². The number of amides is 1. The highest BCUT2D eigenvalue weighted by molar-refractivity contribution is 7.89. The largest absolute Gasteiger partial charge is 0.495 e. The van der Waals surface area contributed by atoms with Crippen LogP contribution in [0.15, 0.2) is 35.7 Å². The molecule has 0 unspecified atom stereocenters. The highest BCUT2D eigenvalue weighted by Crippen LogP contribution is 2.30. The fourth-order valence-electron chi connectivity index (χ4n) is 3.15. The number of rotatable bonds is 7. The molecular formula is C18H25N5O4S. The molecule has 1 aromatic heterocycles. The number of methoxy groups -OCH3 is 1. The van der Waals surface area contributed by atoms with Gasteiger partial charge >= 0.3 is 0 Å². The molecule has 1 saturated heterocycles. The van der Waals surface area contributed by atoms with Gasteiger partial charge in [-0.15, -0.1) is 0 Å². The molecular weight excluding hydrogens is 382 g/mol. The zero-order valence-corrected chi connectivity index (χ0v) is 16.9. The van der Waals surface area contributed by atoms with E-state index in [4.69, 9.17) is 4.74 Å². The van der Waals surface area contributed by atoms with E-state index < -0.39 is 15.9 Å². The molecule has 3 rings (SSSR count). The van der Waals surface area contributed by atoms with Gasteiger partial charge in [-0.1, -0.05) is 13.3 Å². The first kappa shape index (κ1) is 20.3. The smallest absolute Gasteiger partial charge is 0.243 e. The average Bonchev–Trinajstić information content (AvgIpc) is 3.21. The minimum absolute atomic E-state index is 0.148. The Morgan fingerprint density at radius 2 is 2.04 bits per heavy atom. The summed E-state index contributed by atoms with van der Waals surface area (Å²) in [6.45, 7) is 3.16. The first-order chi connectivity index (χ1) is 13.4. The Hall–Kier alpha value is -2.46. The Morgan fingerprint density at radius 3 is 2.68 bits per heavy atom. The van der Waals surface area contributed by atoms with Gasteiger partial charge in [0.05, 0.1) is 30.2 Å². The first-order valence-corrected chi connectivity index (χ1v) is 10.7. The molecule has 152 valence electrons. The van der Waals surface area contributed by atoms with Gasteiger partial charge in [0.25, 0.3) is 0 Å². The molecule has 1 aliphatic rings. The summed E-state index contributed by atoms with van der Waals surface area (Å²) < 4.78 is 34.2. The number of nitrogens with zero attached hydrogens (tertiary/aromatic N) is 4. The Balaban J connectivity index is 1.79. The molecule has 1 aliphatic heterocycles. The zero-order chi connectivity index (χ0) is 20.1. The standard InChI is InChI=1S/C18H25N5O4S/c1-14(11-22-13-19-12-20-22)18(24)21-16-10-15(6-7-17(16)27-2)28(25,26)23-8-4-3-5-9-23/h6-7,10,12-14H,3-5,8-9,11H2,1-2H3,(H,21,24)/t14-/m1/s1. The van der Waals surface area contributed by atoms with Crippen LogP contribution in [0.3, 0.4) is 0 Å². The fourth-order valence-corrected chi connectivity index (χ4v) is 4.69. The Kier molecular flexibility index (Phi) is 6.30. The minimum atomic E-state index is -3.60. The normalized spacial score (nSPS) is 16.5. The van der Waals surface area contributed by atoms with Gasteiger partial charge in [0.1, 0.15) is 18.4 Å². The monoisotopic (exact) mass is 407 g/mol. The van der Waals surface area contributed by atoms with Crippen LogP contribution < -0.4 is 10.1 Å². The second-order valence-corrected chi connectivity index (χ2v) is 8.77. The number of nitrogens with one attached hydrogen (secondary N) is 1. The summed E-state index contributed by atoms with van der Waals surface area (Å²) in [7, 11) is -2.13. The number of ether oxygens (including phenoxy) is 1. The maximum absolute atomic E-state index is 12.9. The van der Waals surface area contributed by atoms with E-state index >= 15 is 0 Å². The predicted molar refractivity (Wildman–Crippen MR) is 103 cm³/mol. The molecule has 2 heterocycles. The molecule has 0 saturated carbocycles. The van der Waals surface area contributed by atoms with E-state index in [1.807, 2.05) is 0 Å². The van der Waals surface area contributed by atoms with E-state index in [-0.39, 0.29) is 10.8 Å². The number of piperidine rings is 1. The van der Waals surface area contributed by atoms with Gasteiger partial charge in [-0.3, -0.25) is 9.48 Å². The van der Waals surface area contributed by atoms with Crippen LogP contribution in [0.2, 0.25) is 0 Å². The second kappa shape index (κ2) is 8.70. The number of aromatic nitrogens is 3. The molecule has 28 heavy (non-hydrogen) atoms. The maximum atomic E-state index is 12.9. The van der Waals surface area contributed by atoms with Crippen molar-refractivity contribution in [2.75, 3.05) is 25.5 Å². The number of hydrogen-bond donors (Lipinski definition) is 1. The van der Waals surface area contributed by atoms with Crippen LogP contribution in [0, 0.1) is 5.92 Å². The van der Waals surface area contributed by atoms with Crippen molar-refractivity contribution in [2.45, 2.75) is 37.6 Å². The van der Waals surface area contributed by atoms with Gasteiger partial charge < -0.3 is 10.1 Å². The molecule has 1 N–H and O–H groups in total. The average molecular weight is 407 g/mol. The van der Waals surface area contributed by atoms with E-state index in [0.29, 0.717) is 31.1 Å². The summed E-state index contributed by atoms with van der Waals surface area (Å²) in [5, 5.41) is 6.77. The molecule has 0 aliphatic carbocycles. The minimum Gasteiger partial charge on any atom is -0.495 e. The molecule has 9 nitrogen and oxygen atoms in total. The van der Waals surface area contributed by atoms with E-state index in [1.165, 1.54) is 36.2 Å². The molecule has 0 spiro atoms. The lowest BCUT2D eigenvalue weighted by atomic mass is 10.1. The number of carbonyl (C=O) groups is 1. The van der Waals surface area contributed by atoms with Crippen LogP contribution in [0.4, 0.5) is 5.69 Å². The molecule has 2 aromatic rings. The van der Waals surface area contributed by atoms with Crippen molar-refractivity contribution < 1.29 is 17.9 Å². The van der Waals surface area contributed by atoms with Gasteiger partial charge in [0.15, 0.2) is 0 Å². The van der Waals surface area contributed by atoms with Gasteiger partial charge in [0, 0.05) is 13.1 Å². The number of benzene rings is 1. The van der Waals surface area contributed by atoms with E-state index in [2.05, 4.69) is 15.4 Å². The SMILES string of the molecule is COc1ccc(S(=O)(=O)N2CCCCC2)cc1NC(=O)[C@H](C)Cn1cncn1.